The van der Waals surface area contributed by atoms with Crippen molar-refractivity contribution < 1.29 is 40.8 Å². The monoisotopic (exact) mass is 590 g/mol. The number of hydroxylamine groups is 1. The fourth-order valence-electron chi connectivity index (χ4n) is 3.75. The smallest absolute Gasteiger partial charge is 0.343 e. The zero-order chi connectivity index (χ0) is 30.1. The van der Waals surface area contributed by atoms with Crippen LogP contribution in [0.3, 0.4) is 0 Å². The van der Waals surface area contributed by atoms with Crippen LogP contribution in [0, 0.1) is 0 Å². The molecule has 0 aliphatic rings. The maximum absolute atomic E-state index is 12.9. The van der Waals surface area contributed by atoms with E-state index >= 15 is 0 Å². The molecular formula is C25H16F6N8O3. The van der Waals surface area contributed by atoms with Gasteiger partial charge in [-0.05, 0) is 30.3 Å². The van der Waals surface area contributed by atoms with Gasteiger partial charge in [0.05, 0.1) is 17.6 Å². The summed E-state index contributed by atoms with van der Waals surface area (Å²) in [5.41, 5.74) is 1.79. The van der Waals surface area contributed by atoms with Gasteiger partial charge in [0.15, 0.2) is 11.6 Å². The first-order valence-corrected chi connectivity index (χ1v) is 11.7. The van der Waals surface area contributed by atoms with E-state index in [1.807, 2.05) is 0 Å². The largest absolute Gasteiger partial charge is 0.493 e. The lowest BCUT2D eigenvalue weighted by molar-refractivity contribution is -0.199. The van der Waals surface area contributed by atoms with Crippen molar-refractivity contribution in [1.29, 1.82) is 0 Å². The van der Waals surface area contributed by atoms with Gasteiger partial charge in [0.25, 0.3) is 0 Å². The number of rotatable bonds is 5. The van der Waals surface area contributed by atoms with Gasteiger partial charge in [0.2, 0.25) is 0 Å². The molecule has 0 aliphatic heterocycles. The molecule has 0 bridgehead atoms. The maximum atomic E-state index is 12.9. The number of carbonyl (C=O) groups excluding carboxylic acids is 2. The van der Waals surface area contributed by atoms with Crippen LogP contribution in [0.5, 0.6) is 0 Å². The molecule has 4 aromatic heterocycles. The first kappa shape index (κ1) is 28.1. The van der Waals surface area contributed by atoms with Gasteiger partial charge in [-0.1, -0.05) is 12.1 Å². The highest BCUT2D eigenvalue weighted by molar-refractivity contribution is 5.93. The van der Waals surface area contributed by atoms with E-state index in [1.165, 1.54) is 23.6 Å². The number of H-pyrrole nitrogens is 1. The Morgan fingerprint density at radius 2 is 1.79 bits per heavy atom. The van der Waals surface area contributed by atoms with Gasteiger partial charge in [-0.2, -0.15) is 26.3 Å². The highest BCUT2D eigenvalue weighted by Gasteiger charge is 2.44. The van der Waals surface area contributed by atoms with E-state index in [-0.39, 0.29) is 10.6 Å². The second-order valence-electron chi connectivity index (χ2n) is 8.49. The van der Waals surface area contributed by atoms with Crippen molar-refractivity contribution in [3.8, 4) is 34.2 Å². The van der Waals surface area contributed by atoms with Crippen LogP contribution in [0.1, 0.15) is 0 Å². The lowest BCUT2D eigenvalue weighted by Crippen LogP contribution is -2.46. The van der Waals surface area contributed by atoms with Crippen molar-refractivity contribution in [3.05, 3.63) is 73.4 Å². The summed E-state index contributed by atoms with van der Waals surface area (Å²) < 4.78 is 78.0. The van der Waals surface area contributed by atoms with E-state index < -0.39 is 36.6 Å². The highest BCUT2D eigenvalue weighted by atomic mass is 19.4. The van der Waals surface area contributed by atoms with E-state index in [0.717, 1.165) is 12.1 Å². The van der Waals surface area contributed by atoms with Gasteiger partial charge < -0.3 is 15.1 Å². The SMILES string of the molecule is O=C(NCC(F)(F)F)N(OC(=O)C(F)(F)F)c1cccc(-c2cnc3cc(-c4nccc(-c5ncc[nH]5)n4)ccn23)c1. The minimum Gasteiger partial charge on any atom is -0.343 e. The van der Waals surface area contributed by atoms with Crippen LogP contribution in [-0.4, -0.2) is 60.2 Å². The Bertz CT molecular complexity index is 1750. The van der Waals surface area contributed by atoms with Crippen LogP contribution in [0.2, 0.25) is 0 Å². The number of nitrogens with zero attached hydrogens (tertiary/aromatic N) is 6. The predicted molar refractivity (Wildman–Crippen MR) is 133 cm³/mol. The van der Waals surface area contributed by atoms with Gasteiger partial charge in [-0.25, -0.2) is 29.5 Å². The molecule has 2 amide bonds. The average molecular weight is 590 g/mol. The molecule has 11 nitrogen and oxygen atoms in total. The molecule has 2 N–H and O–H groups in total. The van der Waals surface area contributed by atoms with Gasteiger partial charge in [0, 0.05) is 35.9 Å². The van der Waals surface area contributed by atoms with Gasteiger partial charge in [-0.15, -0.1) is 5.06 Å². The number of carbonyl (C=O) groups is 2. The lowest BCUT2D eigenvalue weighted by Gasteiger charge is -2.22. The van der Waals surface area contributed by atoms with E-state index in [9.17, 15) is 35.9 Å². The molecule has 0 saturated heterocycles. The van der Waals surface area contributed by atoms with Crippen molar-refractivity contribution in [2.45, 2.75) is 12.4 Å². The fraction of sp³-hybridized carbons (Fsp3) is 0.120. The molecule has 0 aliphatic carbocycles. The third-order valence-electron chi connectivity index (χ3n) is 5.57. The standard InChI is InChI=1S/C25H16F6N8O3/c26-24(27,28)13-36-23(41)39(42-22(40)25(29,30)31)16-3-1-2-14(10-16)18-12-35-19-11-15(5-9-38(18)19)20-32-6-4-17(37-20)21-33-7-8-34-21/h1-12H,13H2,(H,33,34)(H,36,41). The molecule has 42 heavy (non-hydrogen) atoms. The van der Waals surface area contributed by atoms with E-state index in [2.05, 4.69) is 29.8 Å². The van der Waals surface area contributed by atoms with Gasteiger partial charge in [-0.3, -0.25) is 4.40 Å². The number of imidazole rings is 2. The van der Waals surface area contributed by atoms with Crippen molar-refractivity contribution >= 4 is 23.3 Å². The van der Waals surface area contributed by atoms with Gasteiger partial charge in [0.1, 0.15) is 17.9 Å². The van der Waals surface area contributed by atoms with Gasteiger partial charge >= 0.3 is 24.4 Å². The minimum absolute atomic E-state index is 0.199. The summed E-state index contributed by atoms with van der Waals surface area (Å²) >= 11 is 0. The zero-order valence-electron chi connectivity index (χ0n) is 20.8. The number of fused-ring (bicyclic) bond motifs is 1. The third-order valence-corrected chi connectivity index (χ3v) is 5.57. The molecule has 0 atom stereocenters. The first-order chi connectivity index (χ1) is 19.9. The molecule has 216 valence electrons. The van der Waals surface area contributed by atoms with Crippen LogP contribution in [0.15, 0.2) is 73.4 Å². The summed E-state index contributed by atoms with van der Waals surface area (Å²) in [6.45, 7) is -1.88. The molecule has 0 saturated carbocycles. The van der Waals surface area contributed by atoms with Crippen molar-refractivity contribution in [1.82, 2.24) is 34.6 Å². The number of anilines is 1. The quantitative estimate of drug-likeness (QED) is 0.219. The summed E-state index contributed by atoms with van der Waals surface area (Å²) in [5, 5.41) is 1.18. The number of urea groups is 1. The molecular weight excluding hydrogens is 574 g/mol. The Morgan fingerprint density at radius 3 is 2.50 bits per heavy atom. The van der Waals surface area contributed by atoms with Crippen LogP contribution in [-0.2, 0) is 9.63 Å². The van der Waals surface area contributed by atoms with Crippen molar-refractivity contribution in [2.24, 2.45) is 0 Å². The topological polar surface area (TPSA) is 130 Å². The Hall–Kier alpha value is -5.48. The number of alkyl halides is 6. The number of nitrogens with one attached hydrogen (secondary N) is 2. The van der Waals surface area contributed by atoms with Crippen molar-refractivity contribution in [3.63, 3.8) is 0 Å². The second-order valence-corrected chi connectivity index (χ2v) is 8.49. The fourth-order valence-corrected chi connectivity index (χ4v) is 3.75. The predicted octanol–water partition coefficient (Wildman–Crippen LogP) is 4.95. The lowest BCUT2D eigenvalue weighted by atomic mass is 10.1. The van der Waals surface area contributed by atoms with Crippen LogP contribution in [0.4, 0.5) is 36.8 Å². The molecule has 4 heterocycles. The number of pyridine rings is 1. The third kappa shape index (κ3) is 6.13. The van der Waals surface area contributed by atoms with Crippen LogP contribution < -0.4 is 10.4 Å². The molecule has 0 radical (unpaired) electrons. The second kappa shape index (κ2) is 10.8. The summed E-state index contributed by atoms with van der Waals surface area (Å²) in [4.78, 5) is 48.2. The Labute approximate surface area is 230 Å². The zero-order valence-corrected chi connectivity index (χ0v) is 20.8. The Balaban J connectivity index is 1.46. The van der Waals surface area contributed by atoms with E-state index in [1.54, 1.807) is 47.4 Å². The normalized spacial score (nSPS) is 11.9. The summed E-state index contributed by atoms with van der Waals surface area (Å²) in [6.07, 6.45) is -2.56. The molecule has 5 aromatic rings. The first-order valence-electron chi connectivity index (χ1n) is 11.7. The van der Waals surface area contributed by atoms with Crippen molar-refractivity contribution in [2.75, 3.05) is 11.6 Å². The molecule has 0 fully saturated rings. The summed E-state index contributed by atoms with van der Waals surface area (Å²) in [6, 6.07) is 8.32. The number of amides is 2. The summed E-state index contributed by atoms with van der Waals surface area (Å²) in [5.74, 6) is -1.88. The molecule has 5 rings (SSSR count). The number of aromatic nitrogens is 6. The number of halogens is 6. The summed E-state index contributed by atoms with van der Waals surface area (Å²) in [7, 11) is 0. The highest BCUT2D eigenvalue weighted by Crippen LogP contribution is 2.29. The molecule has 17 heteroatoms. The molecule has 0 spiro atoms. The number of hydrogen-bond donors (Lipinski definition) is 2. The van der Waals surface area contributed by atoms with E-state index in [0.29, 0.717) is 34.2 Å². The number of aromatic amines is 1. The van der Waals surface area contributed by atoms with Crippen LogP contribution >= 0.6 is 0 Å². The van der Waals surface area contributed by atoms with Crippen LogP contribution in [0.25, 0.3) is 39.8 Å². The number of benzene rings is 1. The Kier molecular flexibility index (Phi) is 7.24. The average Bonchev–Trinajstić information content (AvgIpc) is 3.64. The molecule has 0 unspecified atom stereocenters. The maximum Gasteiger partial charge on any atom is 0.493 e. The van der Waals surface area contributed by atoms with E-state index in [4.69, 9.17) is 0 Å². The minimum atomic E-state index is -5.53. The number of hydrogen-bond acceptors (Lipinski definition) is 7. The molecule has 1 aromatic carbocycles. The Morgan fingerprint density at radius 1 is 0.976 bits per heavy atom.